The van der Waals surface area contributed by atoms with E-state index in [9.17, 15) is 4.79 Å². The predicted molar refractivity (Wildman–Crippen MR) is 71.4 cm³/mol. The van der Waals surface area contributed by atoms with E-state index in [0.29, 0.717) is 28.7 Å². The third kappa shape index (κ3) is 4.66. The molecule has 2 N–H and O–H groups in total. The first-order valence-corrected chi connectivity index (χ1v) is 5.78. The highest BCUT2D eigenvalue weighted by Gasteiger charge is 2.08. The second-order valence-electron chi connectivity index (χ2n) is 3.28. The maximum atomic E-state index is 11.5. The summed E-state index contributed by atoms with van der Waals surface area (Å²) in [6.45, 7) is 0.767. The van der Waals surface area contributed by atoms with E-state index >= 15 is 0 Å². The molecule has 0 aromatic heterocycles. The van der Waals surface area contributed by atoms with Crippen molar-refractivity contribution in [2.75, 3.05) is 18.4 Å². The van der Waals surface area contributed by atoms with Crippen LogP contribution in [0.4, 0.5) is 5.69 Å². The molecule has 3 nitrogen and oxygen atoms in total. The molecule has 0 saturated heterocycles. The molecule has 5 heteroatoms. The molecule has 1 aromatic carbocycles. The van der Waals surface area contributed by atoms with Crippen LogP contribution < -0.4 is 10.6 Å². The van der Waals surface area contributed by atoms with Crippen LogP contribution in [0, 0.1) is 12.3 Å². The summed E-state index contributed by atoms with van der Waals surface area (Å²) < 4.78 is 0. The number of hydrogen-bond acceptors (Lipinski definition) is 2. The Hall–Kier alpha value is -1.21. The Morgan fingerprint density at radius 1 is 1.35 bits per heavy atom. The second kappa shape index (κ2) is 7.18. The second-order valence-corrected chi connectivity index (χ2v) is 4.09. The van der Waals surface area contributed by atoms with E-state index in [1.165, 1.54) is 0 Å². The van der Waals surface area contributed by atoms with Crippen molar-refractivity contribution in [3.8, 4) is 12.3 Å². The highest BCUT2D eigenvalue weighted by molar-refractivity contribution is 6.39. The highest BCUT2D eigenvalue weighted by atomic mass is 35.5. The van der Waals surface area contributed by atoms with Crippen molar-refractivity contribution in [3.05, 3.63) is 28.2 Å². The molecule has 0 saturated carbocycles. The number of amides is 1. The SMILES string of the molecule is C#CCCNCC(=O)Nc1c(Cl)cccc1Cl. The molecule has 0 aliphatic rings. The van der Waals surface area contributed by atoms with Crippen molar-refractivity contribution in [3.63, 3.8) is 0 Å². The topological polar surface area (TPSA) is 41.1 Å². The van der Waals surface area contributed by atoms with Gasteiger partial charge in [0.2, 0.25) is 5.91 Å². The van der Waals surface area contributed by atoms with Crippen molar-refractivity contribution in [1.29, 1.82) is 0 Å². The number of halogens is 2. The van der Waals surface area contributed by atoms with Gasteiger partial charge in [-0.25, -0.2) is 0 Å². The minimum Gasteiger partial charge on any atom is -0.322 e. The van der Waals surface area contributed by atoms with Crippen molar-refractivity contribution in [2.24, 2.45) is 0 Å². The maximum Gasteiger partial charge on any atom is 0.238 e. The molecule has 17 heavy (non-hydrogen) atoms. The summed E-state index contributed by atoms with van der Waals surface area (Å²) in [6.07, 6.45) is 5.67. The van der Waals surface area contributed by atoms with Gasteiger partial charge in [0.15, 0.2) is 0 Å². The van der Waals surface area contributed by atoms with Gasteiger partial charge < -0.3 is 10.6 Å². The molecular weight excluding hydrogens is 259 g/mol. The van der Waals surface area contributed by atoms with E-state index in [2.05, 4.69) is 16.6 Å². The lowest BCUT2D eigenvalue weighted by Gasteiger charge is -2.09. The van der Waals surface area contributed by atoms with Crippen LogP contribution in [0.3, 0.4) is 0 Å². The average molecular weight is 271 g/mol. The Morgan fingerprint density at radius 2 is 2.00 bits per heavy atom. The highest BCUT2D eigenvalue weighted by Crippen LogP contribution is 2.29. The number of hydrogen-bond donors (Lipinski definition) is 2. The Balaban J connectivity index is 2.48. The number of carbonyl (C=O) groups excluding carboxylic acids is 1. The van der Waals surface area contributed by atoms with Crippen LogP contribution in [0.1, 0.15) is 6.42 Å². The van der Waals surface area contributed by atoms with Crippen LogP contribution >= 0.6 is 23.2 Å². The van der Waals surface area contributed by atoms with Crippen LogP contribution in [0.25, 0.3) is 0 Å². The summed E-state index contributed by atoms with van der Waals surface area (Å²) in [5, 5.41) is 6.37. The Kier molecular flexibility index (Phi) is 5.85. The van der Waals surface area contributed by atoms with Gasteiger partial charge in [-0.15, -0.1) is 12.3 Å². The molecule has 0 unspecified atom stereocenters. The fourth-order valence-corrected chi connectivity index (χ4v) is 1.66. The number of carbonyl (C=O) groups is 1. The molecule has 0 bridgehead atoms. The monoisotopic (exact) mass is 270 g/mol. The van der Waals surface area contributed by atoms with Gasteiger partial charge in [-0.3, -0.25) is 4.79 Å². The lowest BCUT2D eigenvalue weighted by atomic mass is 10.3. The van der Waals surface area contributed by atoms with E-state index in [1.807, 2.05) is 0 Å². The van der Waals surface area contributed by atoms with Crippen molar-refractivity contribution in [2.45, 2.75) is 6.42 Å². The van der Waals surface area contributed by atoms with Crippen LogP contribution in [0.2, 0.25) is 10.0 Å². The third-order valence-corrected chi connectivity index (χ3v) is 2.59. The van der Waals surface area contributed by atoms with Gasteiger partial charge in [0, 0.05) is 13.0 Å². The molecule has 0 spiro atoms. The van der Waals surface area contributed by atoms with Crippen LogP contribution in [-0.2, 0) is 4.79 Å². The minimum absolute atomic E-state index is 0.170. The first kappa shape index (κ1) is 13.9. The molecule has 0 atom stereocenters. The first-order chi connectivity index (χ1) is 8.15. The number of rotatable bonds is 5. The first-order valence-electron chi connectivity index (χ1n) is 5.03. The molecular formula is C12H12Cl2N2O. The molecule has 0 radical (unpaired) electrons. The molecule has 0 aliphatic carbocycles. The summed E-state index contributed by atoms with van der Waals surface area (Å²) in [4.78, 5) is 11.5. The summed E-state index contributed by atoms with van der Waals surface area (Å²) in [5.74, 6) is 2.26. The van der Waals surface area contributed by atoms with Gasteiger partial charge in [0.1, 0.15) is 0 Å². The van der Waals surface area contributed by atoms with Crippen molar-refractivity contribution >= 4 is 34.8 Å². The molecule has 1 aromatic rings. The lowest BCUT2D eigenvalue weighted by molar-refractivity contribution is -0.115. The summed E-state index contributed by atoms with van der Waals surface area (Å²) >= 11 is 11.8. The number of benzene rings is 1. The molecule has 0 aliphatic heterocycles. The smallest absolute Gasteiger partial charge is 0.238 e. The van der Waals surface area contributed by atoms with E-state index in [1.54, 1.807) is 18.2 Å². The Labute approximate surface area is 110 Å². The standard InChI is InChI=1S/C12H12Cl2N2O/c1-2-3-7-15-8-11(17)16-12-9(13)5-4-6-10(12)14/h1,4-6,15H,3,7-8H2,(H,16,17). The quantitative estimate of drug-likeness (QED) is 0.638. The Bertz CT molecular complexity index is 420. The van der Waals surface area contributed by atoms with Gasteiger partial charge >= 0.3 is 0 Å². The number of anilines is 1. The fourth-order valence-electron chi connectivity index (χ4n) is 1.16. The lowest BCUT2D eigenvalue weighted by Crippen LogP contribution is -2.28. The summed E-state index contributed by atoms with van der Waals surface area (Å²) in [5.41, 5.74) is 0.430. The van der Waals surface area contributed by atoms with Crippen LogP contribution in [0.15, 0.2) is 18.2 Å². The van der Waals surface area contributed by atoms with E-state index in [4.69, 9.17) is 29.6 Å². The zero-order valence-corrected chi connectivity index (χ0v) is 10.6. The summed E-state index contributed by atoms with van der Waals surface area (Å²) in [7, 11) is 0. The molecule has 90 valence electrons. The number of para-hydroxylation sites is 1. The summed E-state index contributed by atoms with van der Waals surface area (Å²) in [6, 6.07) is 5.04. The zero-order valence-electron chi connectivity index (χ0n) is 9.09. The van der Waals surface area contributed by atoms with Crippen molar-refractivity contribution < 1.29 is 4.79 Å². The largest absolute Gasteiger partial charge is 0.322 e. The minimum atomic E-state index is -0.211. The van der Waals surface area contributed by atoms with Gasteiger partial charge in [0.05, 0.1) is 22.3 Å². The molecule has 0 fully saturated rings. The number of nitrogens with one attached hydrogen (secondary N) is 2. The average Bonchev–Trinajstić information content (AvgIpc) is 2.30. The van der Waals surface area contributed by atoms with Gasteiger partial charge in [-0.05, 0) is 12.1 Å². The Morgan fingerprint density at radius 3 is 2.59 bits per heavy atom. The van der Waals surface area contributed by atoms with Crippen LogP contribution in [-0.4, -0.2) is 19.0 Å². The zero-order chi connectivity index (χ0) is 12.7. The fraction of sp³-hybridized carbons (Fsp3) is 0.250. The predicted octanol–water partition coefficient (Wildman–Crippen LogP) is 2.54. The third-order valence-electron chi connectivity index (χ3n) is 1.96. The van der Waals surface area contributed by atoms with Gasteiger partial charge in [0.25, 0.3) is 0 Å². The number of terminal acetylenes is 1. The normalized spacial score (nSPS) is 9.71. The van der Waals surface area contributed by atoms with Gasteiger partial charge in [-0.2, -0.15) is 0 Å². The van der Waals surface area contributed by atoms with E-state index in [-0.39, 0.29) is 12.5 Å². The van der Waals surface area contributed by atoms with Crippen molar-refractivity contribution in [1.82, 2.24) is 5.32 Å². The van der Waals surface area contributed by atoms with Gasteiger partial charge in [-0.1, -0.05) is 29.3 Å². The van der Waals surface area contributed by atoms with E-state index in [0.717, 1.165) is 0 Å². The van der Waals surface area contributed by atoms with Crippen LogP contribution in [0.5, 0.6) is 0 Å². The molecule has 1 rings (SSSR count). The van der Waals surface area contributed by atoms with E-state index < -0.39 is 0 Å². The maximum absolute atomic E-state index is 11.5. The molecule has 1 amide bonds. The molecule has 0 heterocycles.